The number of carboxylic acid groups (broad SMARTS) is 1. The molecule has 5 heteroatoms. The van der Waals surface area contributed by atoms with Gasteiger partial charge in [0.05, 0.1) is 23.4 Å². The number of nitrogens with zero attached hydrogens (tertiary/aromatic N) is 1. The fourth-order valence-electron chi connectivity index (χ4n) is 1.54. The molecule has 18 heavy (non-hydrogen) atoms. The Morgan fingerprint density at radius 3 is 2.72 bits per heavy atom. The topological polar surface area (TPSA) is 59.4 Å². The lowest BCUT2D eigenvalue weighted by molar-refractivity contribution is 0.0697. The van der Waals surface area contributed by atoms with Crippen LogP contribution in [0.5, 0.6) is 5.75 Å². The number of pyridine rings is 1. The van der Waals surface area contributed by atoms with Crippen LogP contribution in [-0.2, 0) is 0 Å². The third-order valence-corrected chi connectivity index (χ3v) is 2.77. The zero-order chi connectivity index (χ0) is 13.1. The number of carbonyl (C=O) groups is 1. The van der Waals surface area contributed by atoms with E-state index < -0.39 is 5.97 Å². The van der Waals surface area contributed by atoms with Crippen LogP contribution in [0.1, 0.15) is 10.4 Å². The van der Waals surface area contributed by atoms with Gasteiger partial charge in [0.1, 0.15) is 5.75 Å². The molecule has 0 saturated heterocycles. The molecule has 1 aromatic heterocycles. The first-order valence-electron chi connectivity index (χ1n) is 5.15. The molecule has 0 spiro atoms. The lowest BCUT2D eigenvalue weighted by atomic mass is 10.1. The molecule has 0 fully saturated rings. The van der Waals surface area contributed by atoms with E-state index in [-0.39, 0.29) is 5.56 Å². The maximum absolute atomic E-state index is 10.9. The van der Waals surface area contributed by atoms with Crippen LogP contribution in [0.4, 0.5) is 0 Å². The molecule has 2 rings (SSSR count). The highest BCUT2D eigenvalue weighted by Crippen LogP contribution is 2.30. The minimum absolute atomic E-state index is 0.173. The second-order valence-corrected chi connectivity index (χ2v) is 3.99. The number of benzene rings is 1. The van der Waals surface area contributed by atoms with E-state index in [0.29, 0.717) is 22.0 Å². The van der Waals surface area contributed by atoms with Crippen molar-refractivity contribution in [3.8, 4) is 17.0 Å². The summed E-state index contributed by atoms with van der Waals surface area (Å²) in [7, 11) is 1.55. The van der Waals surface area contributed by atoms with Crippen molar-refractivity contribution in [2.45, 2.75) is 0 Å². The van der Waals surface area contributed by atoms with Crippen molar-refractivity contribution < 1.29 is 14.6 Å². The third-order valence-electron chi connectivity index (χ3n) is 2.46. The van der Waals surface area contributed by atoms with Gasteiger partial charge in [-0.05, 0) is 30.3 Å². The summed E-state index contributed by atoms with van der Waals surface area (Å²) in [5.41, 5.74) is 1.36. The highest BCUT2D eigenvalue weighted by Gasteiger charge is 2.09. The van der Waals surface area contributed by atoms with Gasteiger partial charge in [0.25, 0.3) is 0 Å². The van der Waals surface area contributed by atoms with Crippen LogP contribution in [0.15, 0.2) is 36.5 Å². The highest BCUT2D eigenvalue weighted by atomic mass is 35.5. The van der Waals surface area contributed by atoms with Crippen LogP contribution in [-0.4, -0.2) is 23.2 Å². The van der Waals surface area contributed by atoms with Crippen molar-refractivity contribution in [2.24, 2.45) is 0 Å². The van der Waals surface area contributed by atoms with E-state index in [2.05, 4.69) is 4.98 Å². The Bertz CT molecular complexity index is 599. The number of aromatic nitrogens is 1. The SMILES string of the molecule is COc1ccc(-c2cc(C(=O)O)ccn2)c(Cl)c1. The van der Waals surface area contributed by atoms with Crippen molar-refractivity contribution in [3.63, 3.8) is 0 Å². The molecule has 0 atom stereocenters. The van der Waals surface area contributed by atoms with Crippen molar-refractivity contribution in [2.75, 3.05) is 7.11 Å². The van der Waals surface area contributed by atoms with Gasteiger partial charge < -0.3 is 9.84 Å². The molecule has 2 aromatic rings. The van der Waals surface area contributed by atoms with Crippen LogP contribution in [0.25, 0.3) is 11.3 Å². The molecule has 0 amide bonds. The fraction of sp³-hybridized carbons (Fsp3) is 0.0769. The number of methoxy groups -OCH3 is 1. The molecule has 92 valence electrons. The number of hydrogen-bond donors (Lipinski definition) is 1. The first kappa shape index (κ1) is 12.4. The van der Waals surface area contributed by atoms with E-state index >= 15 is 0 Å². The predicted molar refractivity (Wildman–Crippen MR) is 68.2 cm³/mol. The van der Waals surface area contributed by atoms with Crippen molar-refractivity contribution in [1.29, 1.82) is 0 Å². The van der Waals surface area contributed by atoms with Crippen LogP contribution >= 0.6 is 11.6 Å². The van der Waals surface area contributed by atoms with Crippen molar-refractivity contribution in [1.82, 2.24) is 4.98 Å². The van der Waals surface area contributed by atoms with Crippen LogP contribution in [0.3, 0.4) is 0 Å². The molecule has 1 aromatic carbocycles. The minimum atomic E-state index is -0.997. The molecule has 0 aliphatic heterocycles. The molecular formula is C13H10ClNO3. The fourth-order valence-corrected chi connectivity index (χ4v) is 1.81. The van der Waals surface area contributed by atoms with Gasteiger partial charge in [0, 0.05) is 11.8 Å². The predicted octanol–water partition coefficient (Wildman–Crippen LogP) is 3.11. The number of halogens is 1. The minimum Gasteiger partial charge on any atom is -0.497 e. The first-order chi connectivity index (χ1) is 8.61. The molecule has 0 unspecified atom stereocenters. The maximum atomic E-state index is 10.9. The number of ether oxygens (including phenoxy) is 1. The van der Waals surface area contributed by atoms with Crippen LogP contribution in [0, 0.1) is 0 Å². The maximum Gasteiger partial charge on any atom is 0.335 e. The largest absolute Gasteiger partial charge is 0.497 e. The zero-order valence-electron chi connectivity index (χ0n) is 9.55. The summed E-state index contributed by atoms with van der Waals surface area (Å²) >= 11 is 6.11. The van der Waals surface area contributed by atoms with Gasteiger partial charge in [-0.1, -0.05) is 11.6 Å². The molecule has 1 N–H and O–H groups in total. The van der Waals surface area contributed by atoms with Crippen molar-refractivity contribution in [3.05, 3.63) is 47.1 Å². The summed E-state index contributed by atoms with van der Waals surface area (Å²) in [6.45, 7) is 0. The van der Waals surface area contributed by atoms with Gasteiger partial charge in [-0.2, -0.15) is 0 Å². The Hall–Kier alpha value is -2.07. The Labute approximate surface area is 109 Å². The monoisotopic (exact) mass is 263 g/mol. The second kappa shape index (κ2) is 5.06. The quantitative estimate of drug-likeness (QED) is 0.924. The molecule has 0 aliphatic carbocycles. The summed E-state index contributed by atoms with van der Waals surface area (Å²) in [6, 6.07) is 8.07. The molecule has 0 saturated carbocycles. The van der Waals surface area contributed by atoms with Crippen LogP contribution in [0.2, 0.25) is 5.02 Å². The summed E-state index contributed by atoms with van der Waals surface area (Å²) in [6.07, 6.45) is 1.44. The smallest absolute Gasteiger partial charge is 0.335 e. The molecule has 0 aliphatic rings. The van der Waals surface area contributed by atoms with E-state index in [9.17, 15) is 4.79 Å². The normalized spacial score (nSPS) is 10.1. The summed E-state index contributed by atoms with van der Waals surface area (Å²) < 4.78 is 5.05. The average molecular weight is 264 g/mol. The lowest BCUT2D eigenvalue weighted by Gasteiger charge is -2.06. The average Bonchev–Trinajstić information content (AvgIpc) is 2.38. The summed E-state index contributed by atoms with van der Waals surface area (Å²) in [4.78, 5) is 15.0. The van der Waals surface area contributed by atoms with E-state index in [4.69, 9.17) is 21.4 Å². The van der Waals surface area contributed by atoms with Gasteiger partial charge in [0.15, 0.2) is 0 Å². The van der Waals surface area contributed by atoms with Gasteiger partial charge in [0.2, 0.25) is 0 Å². The van der Waals surface area contributed by atoms with Gasteiger partial charge >= 0.3 is 5.97 Å². The number of aromatic carboxylic acids is 1. The van der Waals surface area contributed by atoms with E-state index in [1.807, 2.05) is 0 Å². The molecule has 0 radical (unpaired) electrons. The summed E-state index contributed by atoms with van der Waals surface area (Å²) in [5, 5.41) is 9.39. The summed E-state index contributed by atoms with van der Waals surface area (Å²) in [5.74, 6) is -0.360. The third kappa shape index (κ3) is 2.43. The van der Waals surface area contributed by atoms with Crippen molar-refractivity contribution >= 4 is 17.6 Å². The number of hydrogen-bond acceptors (Lipinski definition) is 3. The Morgan fingerprint density at radius 1 is 1.33 bits per heavy atom. The van der Waals surface area contributed by atoms with E-state index in [1.165, 1.54) is 18.3 Å². The second-order valence-electron chi connectivity index (χ2n) is 3.58. The Kier molecular flexibility index (Phi) is 3.48. The molecule has 0 bridgehead atoms. The lowest BCUT2D eigenvalue weighted by Crippen LogP contribution is -1.97. The van der Waals surface area contributed by atoms with Gasteiger partial charge in [-0.25, -0.2) is 4.79 Å². The van der Waals surface area contributed by atoms with Crippen LogP contribution < -0.4 is 4.74 Å². The molecule has 4 nitrogen and oxygen atoms in total. The number of rotatable bonds is 3. The van der Waals surface area contributed by atoms with Gasteiger partial charge in [-0.15, -0.1) is 0 Å². The highest BCUT2D eigenvalue weighted by molar-refractivity contribution is 6.33. The standard InChI is InChI=1S/C13H10ClNO3/c1-18-9-2-3-10(11(14)7-9)12-6-8(13(16)17)4-5-15-12/h2-7H,1H3,(H,16,17). The molecular weight excluding hydrogens is 254 g/mol. The Morgan fingerprint density at radius 2 is 2.11 bits per heavy atom. The Balaban J connectivity index is 2.48. The first-order valence-corrected chi connectivity index (χ1v) is 5.53. The van der Waals surface area contributed by atoms with E-state index in [0.717, 1.165) is 0 Å². The van der Waals surface area contributed by atoms with Gasteiger partial charge in [-0.3, -0.25) is 4.98 Å². The zero-order valence-corrected chi connectivity index (χ0v) is 10.3. The van der Waals surface area contributed by atoms with E-state index in [1.54, 1.807) is 25.3 Å². The number of carboxylic acids is 1. The molecule has 1 heterocycles.